The van der Waals surface area contributed by atoms with E-state index in [-0.39, 0.29) is 5.91 Å². The average molecular weight is 727 g/mol. The van der Waals surface area contributed by atoms with E-state index < -0.39 is 6.17 Å². The van der Waals surface area contributed by atoms with Crippen molar-refractivity contribution in [3.05, 3.63) is 89.0 Å². The summed E-state index contributed by atoms with van der Waals surface area (Å²) in [5, 5.41) is 6.38. The van der Waals surface area contributed by atoms with Gasteiger partial charge in [0.25, 0.3) is 5.91 Å². The van der Waals surface area contributed by atoms with Crippen LogP contribution in [0.5, 0.6) is 46.0 Å². The molecule has 0 fully saturated rings. The molecule has 0 aromatic heterocycles. The fourth-order valence-electron chi connectivity index (χ4n) is 6.09. The van der Waals surface area contributed by atoms with Crippen molar-refractivity contribution in [3.8, 4) is 46.0 Å². The van der Waals surface area contributed by atoms with Crippen LogP contribution in [0.2, 0.25) is 0 Å². The molecule has 0 aliphatic carbocycles. The number of hydrogen-bond acceptors (Lipinski definition) is 10. The molecule has 1 aliphatic rings. The molecular formula is C42H50N2O9. The van der Waals surface area contributed by atoms with Crippen LogP contribution in [-0.4, -0.2) is 61.8 Å². The van der Waals surface area contributed by atoms with Gasteiger partial charge in [-0.3, -0.25) is 4.79 Å². The van der Waals surface area contributed by atoms with Gasteiger partial charge in [-0.2, -0.15) is 0 Å². The first kappa shape index (κ1) is 38.5. The molecule has 0 saturated heterocycles. The van der Waals surface area contributed by atoms with Crippen molar-refractivity contribution in [1.82, 2.24) is 5.32 Å². The molecule has 1 amide bonds. The number of carbonyl (C=O) groups is 1. The van der Waals surface area contributed by atoms with Crippen LogP contribution >= 0.6 is 0 Å². The van der Waals surface area contributed by atoms with Gasteiger partial charge in [-0.25, -0.2) is 0 Å². The largest absolute Gasteiger partial charge is 0.497 e. The molecule has 0 spiro atoms. The topological polar surface area (TPSA) is 115 Å². The molecule has 4 aromatic carbocycles. The minimum absolute atomic E-state index is 0.168. The lowest BCUT2D eigenvalue weighted by Gasteiger charge is -2.28. The molecule has 282 valence electrons. The fourth-order valence-corrected chi connectivity index (χ4v) is 6.09. The highest BCUT2D eigenvalue weighted by Gasteiger charge is 2.26. The second-order valence-electron chi connectivity index (χ2n) is 12.4. The van der Waals surface area contributed by atoms with Crippen LogP contribution in [0.4, 0.5) is 5.69 Å². The lowest BCUT2D eigenvalue weighted by atomic mass is 10.0. The summed E-state index contributed by atoms with van der Waals surface area (Å²) in [6.45, 7) is 1.20. The van der Waals surface area contributed by atoms with Crippen LogP contribution in [0.1, 0.15) is 71.7 Å². The standard InChI is InChI=1S/C42H50N2O9/c1-46-31-17-18-33-32(27-31)42(45)44-41(43-33)30-16-20-35(36(26-30)48-3)52-21-11-9-7-8-10-12-22-53-37-23-28(15-19-34(37)47-2)13-14-29-24-38(49-4)40(51-6)39(25-29)50-5/h13-20,23-27,41,43H,7-12,21-22H2,1-6H3,(H,44,45)/b14-13+. The molecule has 0 saturated carbocycles. The SMILES string of the molecule is COc1ccc2c(c1)C(=O)NC(c1ccc(OCCCCCCCCOc3cc(/C=C/c4cc(OC)c(OC)c(OC)c4)ccc3OC)c(OC)c1)N2. The first-order valence-electron chi connectivity index (χ1n) is 17.8. The zero-order chi connectivity index (χ0) is 37.6. The van der Waals surface area contributed by atoms with E-state index in [0.717, 1.165) is 60.9 Å². The number of anilines is 1. The minimum Gasteiger partial charge on any atom is -0.497 e. The van der Waals surface area contributed by atoms with Gasteiger partial charge in [-0.15, -0.1) is 0 Å². The highest BCUT2D eigenvalue weighted by molar-refractivity contribution is 6.02. The number of nitrogens with one attached hydrogen (secondary N) is 2. The summed E-state index contributed by atoms with van der Waals surface area (Å²) in [5.74, 6) is 4.93. The summed E-state index contributed by atoms with van der Waals surface area (Å²) in [4.78, 5) is 12.8. The number of unbranched alkanes of at least 4 members (excludes halogenated alkanes) is 5. The number of hydrogen-bond donors (Lipinski definition) is 2. The van der Waals surface area contributed by atoms with E-state index in [1.54, 1.807) is 48.7 Å². The van der Waals surface area contributed by atoms with Crippen LogP contribution in [0, 0.1) is 0 Å². The maximum absolute atomic E-state index is 12.8. The van der Waals surface area contributed by atoms with E-state index in [2.05, 4.69) is 10.6 Å². The van der Waals surface area contributed by atoms with E-state index in [1.807, 2.05) is 72.8 Å². The van der Waals surface area contributed by atoms with Gasteiger partial charge in [0, 0.05) is 5.69 Å². The first-order chi connectivity index (χ1) is 25.9. The summed E-state index contributed by atoms with van der Waals surface area (Å²) in [5.41, 5.74) is 4.05. The molecule has 2 N–H and O–H groups in total. The minimum atomic E-state index is -0.396. The maximum Gasteiger partial charge on any atom is 0.255 e. The lowest BCUT2D eigenvalue weighted by Crippen LogP contribution is -2.38. The van der Waals surface area contributed by atoms with Gasteiger partial charge in [0.1, 0.15) is 11.9 Å². The van der Waals surface area contributed by atoms with Gasteiger partial charge in [0.2, 0.25) is 5.75 Å². The molecule has 5 rings (SSSR count). The third-order valence-corrected chi connectivity index (χ3v) is 8.96. The van der Waals surface area contributed by atoms with Gasteiger partial charge in [-0.1, -0.05) is 50.0 Å². The van der Waals surface area contributed by atoms with Crippen LogP contribution in [-0.2, 0) is 0 Å². The number of methoxy groups -OCH3 is 6. The number of amides is 1. The van der Waals surface area contributed by atoms with Crippen molar-refractivity contribution in [2.45, 2.75) is 44.7 Å². The highest BCUT2D eigenvalue weighted by atomic mass is 16.5. The van der Waals surface area contributed by atoms with Crippen molar-refractivity contribution in [3.63, 3.8) is 0 Å². The molecule has 0 bridgehead atoms. The molecule has 1 atom stereocenters. The molecular weight excluding hydrogens is 676 g/mol. The molecule has 53 heavy (non-hydrogen) atoms. The van der Waals surface area contributed by atoms with Crippen LogP contribution in [0.3, 0.4) is 0 Å². The molecule has 11 nitrogen and oxygen atoms in total. The van der Waals surface area contributed by atoms with Crippen molar-refractivity contribution >= 4 is 23.7 Å². The Hall–Kier alpha value is -5.71. The van der Waals surface area contributed by atoms with Gasteiger partial charge in [0.15, 0.2) is 34.5 Å². The van der Waals surface area contributed by atoms with Crippen molar-refractivity contribution in [1.29, 1.82) is 0 Å². The predicted molar refractivity (Wildman–Crippen MR) is 207 cm³/mol. The van der Waals surface area contributed by atoms with Gasteiger partial charge >= 0.3 is 0 Å². The van der Waals surface area contributed by atoms with E-state index in [1.165, 1.54) is 0 Å². The van der Waals surface area contributed by atoms with E-state index in [4.69, 9.17) is 37.9 Å². The predicted octanol–water partition coefficient (Wildman–Crippen LogP) is 8.56. The van der Waals surface area contributed by atoms with E-state index in [0.29, 0.717) is 64.8 Å². The lowest BCUT2D eigenvalue weighted by molar-refractivity contribution is 0.0935. The smallest absolute Gasteiger partial charge is 0.255 e. The molecule has 1 aliphatic heterocycles. The molecule has 1 unspecified atom stereocenters. The van der Waals surface area contributed by atoms with Gasteiger partial charge in [-0.05, 0) is 84.1 Å². The summed E-state index contributed by atoms with van der Waals surface area (Å²) < 4.78 is 45.0. The quantitative estimate of drug-likeness (QED) is 0.0678. The summed E-state index contributed by atoms with van der Waals surface area (Å²) in [6, 6.07) is 20.8. The van der Waals surface area contributed by atoms with Crippen molar-refractivity contribution < 1.29 is 42.7 Å². The molecule has 11 heteroatoms. The number of benzene rings is 4. The zero-order valence-corrected chi connectivity index (χ0v) is 31.4. The van der Waals surface area contributed by atoms with Gasteiger partial charge in [0.05, 0.1) is 61.4 Å². The zero-order valence-electron chi connectivity index (χ0n) is 31.4. The van der Waals surface area contributed by atoms with E-state index in [9.17, 15) is 4.79 Å². The first-order valence-corrected chi connectivity index (χ1v) is 17.8. The Balaban J connectivity index is 1.01. The molecule has 4 aromatic rings. The van der Waals surface area contributed by atoms with Crippen LogP contribution < -0.4 is 48.5 Å². The third kappa shape index (κ3) is 10.0. The summed E-state index contributed by atoms with van der Waals surface area (Å²) in [6.07, 6.45) is 9.86. The number of fused-ring (bicyclic) bond motifs is 1. The Morgan fingerprint density at radius 1 is 0.528 bits per heavy atom. The summed E-state index contributed by atoms with van der Waals surface area (Å²) >= 11 is 0. The maximum atomic E-state index is 12.8. The number of carbonyl (C=O) groups excluding carboxylic acids is 1. The second-order valence-corrected chi connectivity index (χ2v) is 12.4. The van der Waals surface area contributed by atoms with Crippen molar-refractivity contribution in [2.75, 3.05) is 61.2 Å². The Labute approximate surface area is 312 Å². The normalized spacial score (nSPS) is 13.4. The molecule has 1 heterocycles. The Bertz CT molecular complexity index is 1830. The average Bonchev–Trinajstić information content (AvgIpc) is 3.20. The fraction of sp³-hybridized carbons (Fsp3) is 0.357. The molecule has 0 radical (unpaired) electrons. The second kappa shape index (κ2) is 19.2. The van der Waals surface area contributed by atoms with Crippen LogP contribution in [0.25, 0.3) is 12.2 Å². The monoisotopic (exact) mass is 726 g/mol. The number of rotatable bonds is 20. The van der Waals surface area contributed by atoms with Crippen LogP contribution in [0.15, 0.2) is 66.7 Å². The third-order valence-electron chi connectivity index (χ3n) is 8.96. The highest BCUT2D eigenvalue weighted by Crippen LogP contribution is 2.39. The number of ether oxygens (including phenoxy) is 8. The summed E-state index contributed by atoms with van der Waals surface area (Å²) in [7, 11) is 9.64. The Morgan fingerprint density at radius 2 is 1.13 bits per heavy atom. The van der Waals surface area contributed by atoms with E-state index >= 15 is 0 Å². The van der Waals surface area contributed by atoms with Crippen molar-refractivity contribution in [2.24, 2.45) is 0 Å². The Morgan fingerprint density at radius 3 is 1.77 bits per heavy atom. The Kier molecular flexibility index (Phi) is 14.0. The van der Waals surface area contributed by atoms with Gasteiger partial charge < -0.3 is 48.5 Å².